The van der Waals surface area contributed by atoms with Crippen LogP contribution in [0.3, 0.4) is 0 Å². The van der Waals surface area contributed by atoms with E-state index in [1.165, 1.54) is 12.8 Å². The first-order chi connectivity index (χ1) is 8.93. The van der Waals surface area contributed by atoms with E-state index < -0.39 is 0 Å². The molecule has 3 rings (SSSR count). The molecule has 3 heterocycles. The summed E-state index contributed by atoms with van der Waals surface area (Å²) in [5.74, 6) is 0.992. The van der Waals surface area contributed by atoms with E-state index >= 15 is 0 Å². The summed E-state index contributed by atoms with van der Waals surface area (Å²) in [7, 11) is 0. The van der Waals surface area contributed by atoms with Crippen molar-refractivity contribution in [2.45, 2.75) is 31.9 Å². The molecule has 0 bridgehead atoms. The lowest BCUT2D eigenvalue weighted by Gasteiger charge is -2.23. The van der Waals surface area contributed by atoms with Crippen LogP contribution < -0.4 is 0 Å². The minimum absolute atomic E-state index is 0.327. The van der Waals surface area contributed by atoms with Gasteiger partial charge in [-0.05, 0) is 31.4 Å². The smallest absolute Gasteiger partial charge is 0.140 e. The molecule has 1 saturated heterocycles. The molecular formula is C14H17N3O. The lowest BCUT2D eigenvalue weighted by molar-refractivity contribution is 0.00624. The molecule has 4 nitrogen and oxygen atoms in total. The predicted molar refractivity (Wildman–Crippen MR) is 69.0 cm³/mol. The molecule has 1 aliphatic heterocycles. The van der Waals surface area contributed by atoms with E-state index in [4.69, 9.17) is 4.74 Å². The molecule has 0 aromatic carbocycles. The molecule has 1 fully saturated rings. The molecule has 94 valence electrons. The number of nitrogens with zero attached hydrogens (tertiary/aromatic N) is 3. The average molecular weight is 243 g/mol. The monoisotopic (exact) mass is 243 g/mol. The van der Waals surface area contributed by atoms with Gasteiger partial charge in [-0.25, -0.2) is 4.98 Å². The Morgan fingerprint density at radius 3 is 2.89 bits per heavy atom. The SMILES string of the molecule is c1cc(-c2nccn2CC2CCCCO2)ccn1. The van der Waals surface area contributed by atoms with Gasteiger partial charge in [-0.15, -0.1) is 0 Å². The number of hydrogen-bond acceptors (Lipinski definition) is 3. The molecule has 0 N–H and O–H groups in total. The molecule has 0 amide bonds. The highest BCUT2D eigenvalue weighted by atomic mass is 16.5. The zero-order valence-electron chi connectivity index (χ0n) is 10.3. The standard InChI is InChI=1S/C14H17N3O/c1-2-10-18-13(3-1)11-17-9-8-16-14(17)12-4-6-15-7-5-12/h4-9,13H,1-3,10-11H2. The molecule has 18 heavy (non-hydrogen) atoms. The van der Waals surface area contributed by atoms with E-state index in [2.05, 4.69) is 14.5 Å². The maximum atomic E-state index is 5.78. The van der Waals surface area contributed by atoms with Crippen LogP contribution in [0.5, 0.6) is 0 Å². The van der Waals surface area contributed by atoms with E-state index in [-0.39, 0.29) is 0 Å². The summed E-state index contributed by atoms with van der Waals surface area (Å²) in [6.45, 7) is 1.78. The molecule has 0 saturated carbocycles. The van der Waals surface area contributed by atoms with Crippen molar-refractivity contribution in [2.24, 2.45) is 0 Å². The average Bonchev–Trinajstić information content (AvgIpc) is 2.89. The van der Waals surface area contributed by atoms with Crippen LogP contribution in [0.4, 0.5) is 0 Å². The normalized spacial score (nSPS) is 19.9. The predicted octanol–water partition coefficient (Wildman–Crippen LogP) is 2.51. The summed E-state index contributed by atoms with van der Waals surface area (Å²) in [4.78, 5) is 8.47. The van der Waals surface area contributed by atoms with Crippen LogP contribution in [-0.2, 0) is 11.3 Å². The Morgan fingerprint density at radius 2 is 2.11 bits per heavy atom. The van der Waals surface area contributed by atoms with Crippen LogP contribution in [0.25, 0.3) is 11.4 Å². The van der Waals surface area contributed by atoms with E-state index in [0.717, 1.165) is 31.0 Å². The third-order valence-electron chi connectivity index (χ3n) is 3.33. The first kappa shape index (κ1) is 11.4. The highest BCUT2D eigenvalue weighted by Crippen LogP contribution is 2.20. The van der Waals surface area contributed by atoms with Gasteiger partial charge in [-0.3, -0.25) is 4.98 Å². The topological polar surface area (TPSA) is 39.9 Å². The fourth-order valence-electron chi connectivity index (χ4n) is 2.39. The summed E-state index contributed by atoms with van der Waals surface area (Å²) in [5.41, 5.74) is 1.10. The van der Waals surface area contributed by atoms with Crippen LogP contribution in [0.15, 0.2) is 36.9 Å². The van der Waals surface area contributed by atoms with Crippen molar-refractivity contribution in [3.63, 3.8) is 0 Å². The van der Waals surface area contributed by atoms with E-state index in [9.17, 15) is 0 Å². The Hall–Kier alpha value is -1.68. The van der Waals surface area contributed by atoms with Crippen molar-refractivity contribution in [3.8, 4) is 11.4 Å². The molecule has 0 radical (unpaired) electrons. The van der Waals surface area contributed by atoms with Crippen molar-refractivity contribution in [1.82, 2.24) is 14.5 Å². The minimum atomic E-state index is 0.327. The Kier molecular flexibility index (Phi) is 3.37. The van der Waals surface area contributed by atoms with Gasteiger partial charge in [-0.2, -0.15) is 0 Å². The van der Waals surface area contributed by atoms with Gasteiger partial charge in [-0.1, -0.05) is 0 Å². The summed E-state index contributed by atoms with van der Waals surface area (Å²) in [6.07, 6.45) is 11.4. The maximum absolute atomic E-state index is 5.78. The van der Waals surface area contributed by atoms with Crippen LogP contribution in [0.2, 0.25) is 0 Å². The molecule has 0 spiro atoms. The van der Waals surface area contributed by atoms with Crippen molar-refractivity contribution in [3.05, 3.63) is 36.9 Å². The first-order valence-electron chi connectivity index (χ1n) is 6.46. The van der Waals surface area contributed by atoms with Gasteiger partial charge in [0, 0.05) is 37.0 Å². The van der Waals surface area contributed by atoms with Gasteiger partial charge in [0.05, 0.1) is 12.6 Å². The van der Waals surface area contributed by atoms with E-state index in [1.807, 2.05) is 24.5 Å². The third kappa shape index (κ3) is 2.43. The zero-order valence-corrected chi connectivity index (χ0v) is 10.3. The Morgan fingerprint density at radius 1 is 1.22 bits per heavy atom. The molecule has 1 aliphatic rings. The van der Waals surface area contributed by atoms with Gasteiger partial charge in [0.2, 0.25) is 0 Å². The Bertz CT molecular complexity index is 489. The van der Waals surface area contributed by atoms with Gasteiger partial charge in [0.25, 0.3) is 0 Å². The second-order valence-electron chi connectivity index (χ2n) is 4.63. The molecule has 0 aliphatic carbocycles. The summed E-state index contributed by atoms with van der Waals surface area (Å²) in [5, 5.41) is 0. The van der Waals surface area contributed by atoms with E-state index in [1.54, 1.807) is 12.4 Å². The number of ether oxygens (including phenoxy) is 1. The van der Waals surface area contributed by atoms with Gasteiger partial charge >= 0.3 is 0 Å². The summed E-state index contributed by atoms with van der Waals surface area (Å²) >= 11 is 0. The van der Waals surface area contributed by atoms with Gasteiger partial charge in [0.1, 0.15) is 5.82 Å². The number of hydrogen-bond donors (Lipinski definition) is 0. The molecular weight excluding hydrogens is 226 g/mol. The number of aromatic nitrogens is 3. The maximum Gasteiger partial charge on any atom is 0.140 e. The van der Waals surface area contributed by atoms with Crippen molar-refractivity contribution < 1.29 is 4.74 Å². The van der Waals surface area contributed by atoms with E-state index in [0.29, 0.717) is 6.10 Å². The van der Waals surface area contributed by atoms with Crippen LogP contribution in [0.1, 0.15) is 19.3 Å². The second kappa shape index (κ2) is 5.31. The summed E-state index contributed by atoms with van der Waals surface area (Å²) < 4.78 is 7.95. The quantitative estimate of drug-likeness (QED) is 0.831. The zero-order chi connectivity index (χ0) is 12.2. The lowest BCUT2D eigenvalue weighted by atomic mass is 10.1. The second-order valence-corrected chi connectivity index (χ2v) is 4.63. The lowest BCUT2D eigenvalue weighted by Crippen LogP contribution is -2.24. The van der Waals surface area contributed by atoms with Crippen LogP contribution in [0, 0.1) is 0 Å². The third-order valence-corrected chi connectivity index (χ3v) is 3.33. The number of pyridine rings is 1. The van der Waals surface area contributed by atoms with Crippen LogP contribution >= 0.6 is 0 Å². The minimum Gasteiger partial charge on any atom is -0.376 e. The highest BCUT2D eigenvalue weighted by Gasteiger charge is 2.16. The fourth-order valence-corrected chi connectivity index (χ4v) is 2.39. The highest BCUT2D eigenvalue weighted by molar-refractivity contribution is 5.54. The van der Waals surface area contributed by atoms with Gasteiger partial charge < -0.3 is 9.30 Å². The van der Waals surface area contributed by atoms with Gasteiger partial charge in [0.15, 0.2) is 0 Å². The fraction of sp³-hybridized carbons (Fsp3) is 0.429. The van der Waals surface area contributed by atoms with Crippen molar-refractivity contribution in [2.75, 3.05) is 6.61 Å². The van der Waals surface area contributed by atoms with Crippen molar-refractivity contribution in [1.29, 1.82) is 0 Å². The molecule has 4 heteroatoms. The molecule has 2 aromatic rings. The summed E-state index contributed by atoms with van der Waals surface area (Å²) in [6, 6.07) is 3.97. The molecule has 1 unspecified atom stereocenters. The van der Waals surface area contributed by atoms with Crippen molar-refractivity contribution >= 4 is 0 Å². The Labute approximate surface area is 107 Å². The van der Waals surface area contributed by atoms with Crippen LogP contribution in [-0.4, -0.2) is 27.2 Å². The molecule has 1 atom stereocenters. The number of rotatable bonds is 3. The number of imidazole rings is 1. The molecule has 2 aromatic heterocycles. The largest absolute Gasteiger partial charge is 0.376 e. The first-order valence-corrected chi connectivity index (χ1v) is 6.46. The Balaban J connectivity index is 1.79.